The number of thiophene rings is 1. The second-order valence-electron chi connectivity index (χ2n) is 4.21. The van der Waals surface area contributed by atoms with E-state index in [1.165, 1.54) is 21.5 Å². The monoisotopic (exact) mass is 289 g/mol. The molecule has 0 radical (unpaired) electrons. The van der Waals surface area contributed by atoms with Crippen LogP contribution < -0.4 is 5.32 Å². The molecule has 0 unspecified atom stereocenters. The van der Waals surface area contributed by atoms with Crippen LogP contribution in [0.4, 0.5) is 0 Å². The molecule has 1 aromatic rings. The van der Waals surface area contributed by atoms with E-state index in [9.17, 15) is 5.11 Å². The Hall–Kier alpha value is 0.1000. The number of rotatable bonds is 5. The maximum absolute atomic E-state index is 9.29. The summed E-state index contributed by atoms with van der Waals surface area (Å²) < 4.78 is 1.18. The lowest BCUT2D eigenvalue weighted by atomic mass is 10.1. The number of nitrogens with one attached hydrogen (secondary N) is 1. The molecule has 0 aliphatic heterocycles. The molecule has 0 saturated heterocycles. The zero-order valence-corrected chi connectivity index (χ0v) is 11.1. The molecule has 2 nitrogen and oxygen atoms in total. The van der Waals surface area contributed by atoms with Gasteiger partial charge in [0.1, 0.15) is 0 Å². The lowest BCUT2D eigenvalue weighted by Crippen LogP contribution is -2.29. The van der Waals surface area contributed by atoms with E-state index in [1.807, 2.05) is 6.92 Å². The van der Waals surface area contributed by atoms with Crippen LogP contribution in [0.1, 0.15) is 30.7 Å². The van der Waals surface area contributed by atoms with E-state index in [0.717, 1.165) is 5.92 Å². The van der Waals surface area contributed by atoms with Gasteiger partial charge in [-0.1, -0.05) is 0 Å². The van der Waals surface area contributed by atoms with E-state index in [2.05, 4.69) is 33.4 Å². The molecule has 4 heteroatoms. The normalized spacial score (nSPS) is 20.2. The maximum atomic E-state index is 9.29. The molecule has 2 rings (SSSR count). The van der Waals surface area contributed by atoms with Gasteiger partial charge in [0.15, 0.2) is 0 Å². The predicted octanol–water partition coefficient (Wildman–Crippen LogP) is 2.93. The van der Waals surface area contributed by atoms with Gasteiger partial charge in [0, 0.05) is 17.5 Å². The van der Waals surface area contributed by atoms with Crippen molar-refractivity contribution in [3.63, 3.8) is 0 Å². The van der Waals surface area contributed by atoms with E-state index >= 15 is 0 Å². The minimum absolute atomic E-state index is 0.269. The molecule has 2 atom stereocenters. The number of hydrogen-bond donors (Lipinski definition) is 2. The fourth-order valence-electron chi connectivity index (χ4n) is 1.72. The molecular weight excluding hydrogens is 274 g/mol. The van der Waals surface area contributed by atoms with Crippen LogP contribution >= 0.6 is 27.3 Å². The van der Waals surface area contributed by atoms with Gasteiger partial charge >= 0.3 is 0 Å². The average molecular weight is 290 g/mol. The van der Waals surface area contributed by atoms with Crippen molar-refractivity contribution in [2.45, 2.75) is 31.9 Å². The van der Waals surface area contributed by atoms with E-state index in [4.69, 9.17) is 0 Å². The van der Waals surface area contributed by atoms with Gasteiger partial charge in [0.25, 0.3) is 0 Å². The molecule has 2 N–H and O–H groups in total. The molecule has 0 amide bonds. The highest BCUT2D eigenvalue weighted by Gasteiger charge is 2.32. The fraction of sp³-hybridized carbons (Fsp3) is 0.636. The Morgan fingerprint density at radius 3 is 2.80 bits per heavy atom. The van der Waals surface area contributed by atoms with Crippen LogP contribution in [0.3, 0.4) is 0 Å². The van der Waals surface area contributed by atoms with Crippen LogP contribution in [0.5, 0.6) is 0 Å². The minimum atomic E-state index is -0.269. The fourth-order valence-corrected chi connectivity index (χ4v) is 3.32. The smallest absolute Gasteiger partial charge is 0.0701 e. The SMILES string of the molecule is C[C@@H](O)CN[C@H](c1ccc(Br)s1)C1CC1. The summed E-state index contributed by atoms with van der Waals surface area (Å²) in [5.41, 5.74) is 0. The van der Waals surface area contributed by atoms with Crippen LogP contribution in [-0.2, 0) is 0 Å². The summed E-state index contributed by atoms with van der Waals surface area (Å²) in [6.07, 6.45) is 2.36. The Morgan fingerprint density at radius 2 is 2.33 bits per heavy atom. The summed E-state index contributed by atoms with van der Waals surface area (Å²) in [5.74, 6) is 0.772. The van der Waals surface area contributed by atoms with Gasteiger partial charge in [-0.2, -0.15) is 0 Å². The summed E-state index contributed by atoms with van der Waals surface area (Å²) in [7, 11) is 0. The molecule has 1 aliphatic rings. The van der Waals surface area contributed by atoms with Crippen LogP contribution in [0, 0.1) is 5.92 Å². The Labute approximate surface area is 103 Å². The van der Waals surface area contributed by atoms with Crippen molar-refractivity contribution in [2.24, 2.45) is 5.92 Å². The molecule has 1 fully saturated rings. The average Bonchev–Trinajstić information content (AvgIpc) is 2.90. The zero-order valence-electron chi connectivity index (χ0n) is 8.74. The van der Waals surface area contributed by atoms with Crippen LogP contribution in [0.2, 0.25) is 0 Å². The van der Waals surface area contributed by atoms with Crippen molar-refractivity contribution in [1.29, 1.82) is 0 Å². The second kappa shape index (κ2) is 4.95. The van der Waals surface area contributed by atoms with Crippen LogP contribution in [-0.4, -0.2) is 17.8 Å². The van der Waals surface area contributed by atoms with E-state index in [-0.39, 0.29) is 6.10 Å². The number of aliphatic hydroxyl groups is 1. The molecule has 84 valence electrons. The molecule has 1 aliphatic carbocycles. The summed E-state index contributed by atoms with van der Waals surface area (Å²) in [6, 6.07) is 4.71. The van der Waals surface area contributed by atoms with Crippen molar-refractivity contribution in [3.05, 3.63) is 20.8 Å². The molecule has 0 aromatic carbocycles. The summed E-state index contributed by atoms with van der Waals surface area (Å²) in [5, 5.41) is 12.7. The van der Waals surface area contributed by atoms with Crippen molar-refractivity contribution in [2.75, 3.05) is 6.54 Å². The van der Waals surface area contributed by atoms with Gasteiger partial charge in [-0.3, -0.25) is 0 Å². The zero-order chi connectivity index (χ0) is 10.8. The van der Waals surface area contributed by atoms with Gasteiger partial charge in [-0.05, 0) is 53.7 Å². The van der Waals surface area contributed by atoms with Crippen LogP contribution in [0.15, 0.2) is 15.9 Å². The topological polar surface area (TPSA) is 32.3 Å². The Morgan fingerprint density at radius 1 is 1.60 bits per heavy atom. The van der Waals surface area contributed by atoms with Crippen molar-refractivity contribution in [3.8, 4) is 0 Å². The third kappa shape index (κ3) is 3.28. The highest BCUT2D eigenvalue weighted by molar-refractivity contribution is 9.11. The molecular formula is C11H16BrNOS. The quantitative estimate of drug-likeness (QED) is 0.874. The third-order valence-electron chi connectivity index (χ3n) is 2.63. The van der Waals surface area contributed by atoms with Gasteiger partial charge in [-0.15, -0.1) is 11.3 Å². The number of aliphatic hydroxyl groups excluding tert-OH is 1. The van der Waals surface area contributed by atoms with Crippen molar-refractivity contribution >= 4 is 27.3 Å². The largest absolute Gasteiger partial charge is 0.392 e. The third-order valence-corrected chi connectivity index (χ3v) is 4.33. The molecule has 1 heterocycles. The first kappa shape index (κ1) is 11.6. The van der Waals surface area contributed by atoms with Gasteiger partial charge in [-0.25, -0.2) is 0 Å². The predicted molar refractivity (Wildman–Crippen MR) is 67.2 cm³/mol. The molecule has 0 bridgehead atoms. The number of hydrogen-bond acceptors (Lipinski definition) is 3. The molecule has 0 spiro atoms. The summed E-state index contributed by atoms with van der Waals surface area (Å²) in [6.45, 7) is 2.50. The van der Waals surface area contributed by atoms with E-state index in [0.29, 0.717) is 12.6 Å². The van der Waals surface area contributed by atoms with Gasteiger partial charge < -0.3 is 10.4 Å². The van der Waals surface area contributed by atoms with E-state index in [1.54, 1.807) is 11.3 Å². The lowest BCUT2D eigenvalue weighted by Gasteiger charge is -2.17. The van der Waals surface area contributed by atoms with Crippen LogP contribution in [0.25, 0.3) is 0 Å². The standard InChI is InChI=1S/C11H16BrNOS/c1-7(14)6-13-11(8-2-3-8)9-4-5-10(12)15-9/h4-5,7-8,11,13-14H,2-3,6H2,1H3/t7-,11+/m1/s1. The maximum Gasteiger partial charge on any atom is 0.0701 e. The van der Waals surface area contributed by atoms with Crippen molar-refractivity contribution < 1.29 is 5.11 Å². The van der Waals surface area contributed by atoms with Crippen molar-refractivity contribution in [1.82, 2.24) is 5.32 Å². The summed E-state index contributed by atoms with van der Waals surface area (Å²) in [4.78, 5) is 1.38. The highest BCUT2D eigenvalue weighted by Crippen LogP contribution is 2.43. The second-order valence-corrected chi connectivity index (χ2v) is 6.71. The lowest BCUT2D eigenvalue weighted by molar-refractivity contribution is 0.184. The first-order chi connectivity index (χ1) is 7.16. The van der Waals surface area contributed by atoms with Gasteiger partial charge in [0.2, 0.25) is 0 Å². The Bertz CT molecular complexity index is 322. The first-order valence-electron chi connectivity index (χ1n) is 5.33. The Balaban J connectivity index is 1.99. The minimum Gasteiger partial charge on any atom is -0.392 e. The van der Waals surface area contributed by atoms with Gasteiger partial charge in [0.05, 0.1) is 9.89 Å². The first-order valence-corrected chi connectivity index (χ1v) is 6.94. The summed E-state index contributed by atoms with van der Waals surface area (Å²) >= 11 is 5.28. The van der Waals surface area contributed by atoms with E-state index < -0.39 is 0 Å². The Kier molecular flexibility index (Phi) is 3.83. The molecule has 1 aromatic heterocycles. The molecule has 15 heavy (non-hydrogen) atoms. The molecule has 1 saturated carbocycles. The number of halogens is 1. The highest BCUT2D eigenvalue weighted by atomic mass is 79.9.